The summed E-state index contributed by atoms with van der Waals surface area (Å²) in [6.45, 7) is 2.97. The summed E-state index contributed by atoms with van der Waals surface area (Å²) in [5, 5.41) is 2.98. The van der Waals surface area contributed by atoms with Crippen LogP contribution >= 0.6 is 12.4 Å². The minimum atomic E-state index is -0.965. The van der Waals surface area contributed by atoms with Gasteiger partial charge in [0.05, 0.1) is 0 Å². The number of hydrogen-bond donors (Lipinski definition) is 2. The third-order valence-electron chi connectivity index (χ3n) is 5.45. The maximum atomic E-state index is 12.4. The molecule has 3 fully saturated rings. The zero-order valence-electron chi connectivity index (χ0n) is 14.6. The molecule has 1 heterocycles. The third kappa shape index (κ3) is 3.76. The quantitative estimate of drug-likeness (QED) is 0.405. The Hall–Kier alpha value is -1.93. The highest BCUT2D eigenvalue weighted by atomic mass is 35.5. The van der Waals surface area contributed by atoms with Gasteiger partial charge in [-0.15, -0.1) is 19.0 Å². The van der Waals surface area contributed by atoms with Gasteiger partial charge >= 0.3 is 17.8 Å². The molecule has 0 radical (unpaired) electrons. The topological polar surface area (TPSA) is 113 Å². The number of urea groups is 1. The Morgan fingerprint density at radius 3 is 2.31 bits per heavy atom. The van der Waals surface area contributed by atoms with E-state index in [4.69, 9.17) is 5.73 Å². The molecule has 144 valence electrons. The van der Waals surface area contributed by atoms with Gasteiger partial charge in [-0.3, -0.25) is 19.3 Å². The number of carbonyl (C=O) groups is 4. The summed E-state index contributed by atoms with van der Waals surface area (Å²) in [6.07, 6.45) is 6.33. The van der Waals surface area contributed by atoms with Crippen LogP contribution in [-0.4, -0.2) is 58.7 Å². The number of amides is 5. The molecule has 8 nitrogen and oxygen atoms in total. The normalized spacial score (nSPS) is 30.9. The van der Waals surface area contributed by atoms with Crippen molar-refractivity contribution in [3.63, 3.8) is 0 Å². The molecule has 0 aromatic carbocycles. The number of nitrogens with two attached hydrogens (primary N) is 1. The van der Waals surface area contributed by atoms with Crippen LogP contribution in [0, 0.1) is 11.8 Å². The second-order valence-electron chi connectivity index (χ2n) is 7.15. The van der Waals surface area contributed by atoms with Crippen molar-refractivity contribution in [3.8, 4) is 0 Å². The molecule has 1 aliphatic heterocycles. The van der Waals surface area contributed by atoms with Crippen LogP contribution in [0.1, 0.15) is 32.1 Å². The first-order valence-corrected chi connectivity index (χ1v) is 8.75. The number of hydrogen-bond acceptors (Lipinski definition) is 5. The molecule has 9 heteroatoms. The van der Waals surface area contributed by atoms with Gasteiger partial charge in [-0.25, -0.2) is 9.69 Å². The molecule has 0 aromatic heterocycles. The van der Waals surface area contributed by atoms with Gasteiger partial charge in [0.25, 0.3) is 0 Å². The predicted octanol–water partition coefficient (Wildman–Crippen LogP) is 0.407. The second-order valence-corrected chi connectivity index (χ2v) is 7.15. The Labute approximate surface area is 158 Å². The molecule has 0 spiro atoms. The first-order valence-electron chi connectivity index (χ1n) is 8.75. The fraction of sp³-hybridized carbons (Fsp3) is 0.647. The average molecular weight is 385 g/mol. The summed E-state index contributed by atoms with van der Waals surface area (Å²) in [6, 6.07) is -0.556. The highest BCUT2D eigenvalue weighted by Crippen LogP contribution is 2.39. The van der Waals surface area contributed by atoms with Crippen LogP contribution in [-0.2, 0) is 14.4 Å². The lowest BCUT2D eigenvalue weighted by Crippen LogP contribution is -2.55. The van der Waals surface area contributed by atoms with Gasteiger partial charge in [0, 0.05) is 18.6 Å². The predicted molar refractivity (Wildman–Crippen MR) is 96.2 cm³/mol. The van der Waals surface area contributed by atoms with E-state index >= 15 is 0 Å². The maximum absolute atomic E-state index is 12.4. The van der Waals surface area contributed by atoms with Crippen LogP contribution in [0.2, 0.25) is 0 Å². The molecule has 3 rings (SSSR count). The van der Waals surface area contributed by atoms with Crippen molar-refractivity contribution in [1.29, 1.82) is 0 Å². The first-order chi connectivity index (χ1) is 11.9. The molecule has 1 saturated heterocycles. The number of imide groups is 2. The van der Waals surface area contributed by atoms with Crippen LogP contribution in [0.25, 0.3) is 0 Å². The number of carbonyl (C=O) groups excluding carboxylic acids is 4. The zero-order valence-corrected chi connectivity index (χ0v) is 15.4. The summed E-state index contributed by atoms with van der Waals surface area (Å²) in [4.78, 5) is 49.8. The summed E-state index contributed by atoms with van der Waals surface area (Å²) in [7, 11) is 0. The van der Waals surface area contributed by atoms with E-state index in [0.29, 0.717) is 16.7 Å². The van der Waals surface area contributed by atoms with Crippen molar-refractivity contribution < 1.29 is 19.2 Å². The van der Waals surface area contributed by atoms with Crippen molar-refractivity contribution in [2.75, 3.05) is 13.1 Å². The molecular formula is C17H25ClN4O4. The Bertz CT molecular complexity index is 612. The summed E-state index contributed by atoms with van der Waals surface area (Å²) < 4.78 is 0. The maximum Gasteiger partial charge on any atom is 0.335 e. The molecule has 2 aliphatic carbocycles. The SMILES string of the molecule is C=CCN1C(=O)C(=O)N(CC(=O)NC2C3CCCC2CC(N)C3)C1=O.Cl. The van der Waals surface area contributed by atoms with Crippen LogP contribution < -0.4 is 11.1 Å². The van der Waals surface area contributed by atoms with Crippen molar-refractivity contribution in [2.45, 2.75) is 44.2 Å². The lowest BCUT2D eigenvalue weighted by molar-refractivity contribution is -0.144. The number of fused-ring (bicyclic) bond motifs is 2. The van der Waals surface area contributed by atoms with E-state index in [0.717, 1.165) is 37.0 Å². The largest absolute Gasteiger partial charge is 0.351 e. The van der Waals surface area contributed by atoms with Gasteiger partial charge in [0.15, 0.2) is 0 Å². The van der Waals surface area contributed by atoms with E-state index in [2.05, 4.69) is 11.9 Å². The number of rotatable bonds is 5. The molecule has 2 unspecified atom stereocenters. The standard InChI is InChI=1S/C17H24N4O4.ClH/c1-2-6-20-15(23)16(24)21(17(20)25)9-13(22)19-14-10-4-3-5-11(14)8-12(18)7-10;/h2,10-12,14H,1,3-9,18H2,(H,19,22);1H. The van der Waals surface area contributed by atoms with E-state index in [1.807, 2.05) is 0 Å². The zero-order chi connectivity index (χ0) is 18.1. The van der Waals surface area contributed by atoms with E-state index < -0.39 is 30.3 Å². The van der Waals surface area contributed by atoms with Crippen LogP contribution in [0.3, 0.4) is 0 Å². The molecule has 2 bridgehead atoms. The van der Waals surface area contributed by atoms with Gasteiger partial charge in [-0.05, 0) is 37.5 Å². The monoisotopic (exact) mass is 384 g/mol. The molecule has 0 aromatic rings. The molecular weight excluding hydrogens is 360 g/mol. The fourth-order valence-electron chi connectivity index (χ4n) is 4.38. The van der Waals surface area contributed by atoms with Crippen LogP contribution in [0.15, 0.2) is 12.7 Å². The molecule has 3 N–H and O–H groups in total. The Morgan fingerprint density at radius 1 is 1.15 bits per heavy atom. The van der Waals surface area contributed by atoms with E-state index in [1.54, 1.807) is 0 Å². The van der Waals surface area contributed by atoms with Gasteiger partial charge in [-0.1, -0.05) is 12.5 Å². The third-order valence-corrected chi connectivity index (χ3v) is 5.45. The summed E-state index contributed by atoms with van der Waals surface area (Å²) >= 11 is 0. The molecule has 26 heavy (non-hydrogen) atoms. The number of nitrogens with one attached hydrogen (secondary N) is 1. The van der Waals surface area contributed by atoms with Crippen molar-refractivity contribution in [3.05, 3.63) is 12.7 Å². The van der Waals surface area contributed by atoms with Gasteiger partial charge < -0.3 is 11.1 Å². The van der Waals surface area contributed by atoms with E-state index in [-0.39, 0.29) is 31.0 Å². The fourth-order valence-corrected chi connectivity index (χ4v) is 4.38. The molecule has 2 saturated carbocycles. The first kappa shape index (κ1) is 20.4. The van der Waals surface area contributed by atoms with Gasteiger partial charge in [-0.2, -0.15) is 0 Å². The van der Waals surface area contributed by atoms with Crippen molar-refractivity contribution in [1.82, 2.24) is 15.1 Å². The minimum Gasteiger partial charge on any atom is -0.351 e. The lowest BCUT2D eigenvalue weighted by Gasteiger charge is -2.45. The average Bonchev–Trinajstić information content (AvgIpc) is 2.74. The van der Waals surface area contributed by atoms with Crippen LogP contribution in [0.4, 0.5) is 4.79 Å². The van der Waals surface area contributed by atoms with E-state index in [9.17, 15) is 19.2 Å². The second kappa shape index (κ2) is 8.18. The Balaban J connectivity index is 0.00000243. The van der Waals surface area contributed by atoms with Crippen LogP contribution in [0.5, 0.6) is 0 Å². The van der Waals surface area contributed by atoms with Gasteiger partial charge in [0.2, 0.25) is 5.91 Å². The Kier molecular flexibility index (Phi) is 6.41. The Morgan fingerprint density at radius 2 is 1.73 bits per heavy atom. The molecule has 5 amide bonds. The summed E-state index contributed by atoms with van der Waals surface area (Å²) in [5.74, 6) is -1.61. The number of halogens is 1. The van der Waals surface area contributed by atoms with Crippen molar-refractivity contribution >= 4 is 36.2 Å². The highest BCUT2D eigenvalue weighted by Gasteiger charge is 2.45. The highest BCUT2D eigenvalue weighted by molar-refractivity contribution is 6.45. The van der Waals surface area contributed by atoms with Crippen molar-refractivity contribution in [2.24, 2.45) is 17.6 Å². The molecule has 3 aliphatic rings. The smallest absolute Gasteiger partial charge is 0.335 e. The minimum absolute atomic E-state index is 0. The van der Waals surface area contributed by atoms with Gasteiger partial charge in [0.1, 0.15) is 6.54 Å². The number of nitrogens with zero attached hydrogens (tertiary/aromatic N) is 2. The lowest BCUT2D eigenvalue weighted by atomic mass is 9.67. The molecule has 2 atom stereocenters. The summed E-state index contributed by atoms with van der Waals surface area (Å²) in [5.41, 5.74) is 6.08. The van der Waals surface area contributed by atoms with E-state index in [1.165, 1.54) is 6.08 Å².